The molecule has 1 aromatic rings. The maximum atomic E-state index is 12.8. The number of carbonyl (C=O) groups excluding carboxylic acids is 2. The summed E-state index contributed by atoms with van der Waals surface area (Å²) >= 11 is 0. The fourth-order valence-corrected chi connectivity index (χ4v) is 3.86. The third-order valence-corrected chi connectivity index (χ3v) is 5.46. The number of hydrogen-bond donors (Lipinski definition) is 2. The van der Waals surface area contributed by atoms with Crippen LogP contribution in [0.5, 0.6) is 0 Å². The van der Waals surface area contributed by atoms with Gasteiger partial charge >= 0.3 is 5.97 Å². The van der Waals surface area contributed by atoms with Crippen molar-refractivity contribution in [3.05, 3.63) is 42.0 Å². The quantitative estimate of drug-likeness (QED) is 0.758. The molecule has 0 saturated carbocycles. The Morgan fingerprint density at radius 3 is 2.46 bits per heavy atom. The summed E-state index contributed by atoms with van der Waals surface area (Å²) in [6.45, 7) is 4.17. The molecule has 0 bridgehead atoms. The maximum Gasteiger partial charge on any atom is 0.307 e. The van der Waals surface area contributed by atoms with Crippen LogP contribution in [0, 0.1) is 17.8 Å². The van der Waals surface area contributed by atoms with Crippen LogP contribution in [0.3, 0.4) is 0 Å². The number of allylic oxidation sites excluding steroid dienone is 2. The first-order chi connectivity index (χ1) is 13.5. The molecule has 1 aliphatic carbocycles. The number of rotatable bonds is 5. The lowest BCUT2D eigenvalue weighted by Gasteiger charge is -2.31. The molecule has 1 heterocycles. The molecule has 2 amide bonds. The first-order valence-electron chi connectivity index (χ1n) is 9.68. The van der Waals surface area contributed by atoms with Crippen LogP contribution in [-0.2, 0) is 14.3 Å². The molecular weight excluding hydrogens is 360 g/mol. The van der Waals surface area contributed by atoms with E-state index in [0.717, 1.165) is 0 Å². The second kappa shape index (κ2) is 9.01. The molecule has 7 nitrogen and oxygen atoms in total. The van der Waals surface area contributed by atoms with Crippen LogP contribution in [0.4, 0.5) is 5.69 Å². The monoisotopic (exact) mass is 386 g/mol. The first-order valence-corrected chi connectivity index (χ1v) is 9.68. The van der Waals surface area contributed by atoms with Gasteiger partial charge in [0.2, 0.25) is 5.91 Å². The molecule has 0 spiro atoms. The molecular formula is C21H26N2O5. The number of amides is 2. The Kier molecular flexibility index (Phi) is 6.46. The molecule has 3 atom stereocenters. The third-order valence-electron chi connectivity index (χ3n) is 5.46. The normalized spacial score (nSPS) is 24.6. The summed E-state index contributed by atoms with van der Waals surface area (Å²) in [6, 6.07) is 6.72. The van der Waals surface area contributed by atoms with E-state index in [-0.39, 0.29) is 17.7 Å². The van der Waals surface area contributed by atoms with Gasteiger partial charge in [0.05, 0.1) is 25.0 Å². The predicted molar refractivity (Wildman–Crippen MR) is 104 cm³/mol. The fourth-order valence-electron chi connectivity index (χ4n) is 3.86. The summed E-state index contributed by atoms with van der Waals surface area (Å²) in [5.41, 5.74) is 1.10. The highest BCUT2D eigenvalue weighted by Gasteiger charge is 2.39. The number of benzene rings is 1. The standard InChI is InChI=1S/C21H26N2O5/c1-2-14-4-3-5-17(21(26)27)18(14)19(24)22-16-8-6-15(7-9-16)20(25)23-10-12-28-13-11-23/h3-4,6-9,14,17-18H,2,5,10-13H2,1H3,(H,22,24)(H,26,27)/t14-,17+,18-/m1/s1. The average molecular weight is 386 g/mol. The predicted octanol–water partition coefficient (Wildman–Crippen LogP) is 2.40. The largest absolute Gasteiger partial charge is 0.481 e. The number of carbonyl (C=O) groups is 3. The van der Waals surface area contributed by atoms with Crippen LogP contribution in [0.25, 0.3) is 0 Å². The van der Waals surface area contributed by atoms with E-state index in [9.17, 15) is 19.5 Å². The van der Waals surface area contributed by atoms with Crippen LogP contribution >= 0.6 is 0 Å². The second-order valence-electron chi connectivity index (χ2n) is 7.18. The van der Waals surface area contributed by atoms with Gasteiger partial charge in [0, 0.05) is 24.3 Å². The van der Waals surface area contributed by atoms with Gasteiger partial charge in [0.15, 0.2) is 0 Å². The van der Waals surface area contributed by atoms with Crippen molar-refractivity contribution in [3.8, 4) is 0 Å². The molecule has 1 saturated heterocycles. The summed E-state index contributed by atoms with van der Waals surface area (Å²) in [5, 5.41) is 12.3. The first kappa shape index (κ1) is 20.1. The molecule has 0 unspecified atom stereocenters. The molecule has 1 aliphatic heterocycles. The molecule has 2 aliphatic rings. The molecule has 1 aromatic carbocycles. The molecule has 0 aromatic heterocycles. The minimum atomic E-state index is -0.950. The summed E-state index contributed by atoms with van der Waals surface area (Å²) in [5.74, 6) is -2.74. The number of anilines is 1. The topological polar surface area (TPSA) is 95.9 Å². The minimum Gasteiger partial charge on any atom is -0.481 e. The van der Waals surface area contributed by atoms with Crippen molar-refractivity contribution >= 4 is 23.5 Å². The number of morpholine rings is 1. The van der Waals surface area contributed by atoms with Crippen LogP contribution in [0.15, 0.2) is 36.4 Å². The Hall–Kier alpha value is -2.67. The Morgan fingerprint density at radius 1 is 1.18 bits per heavy atom. The number of carboxylic acid groups (broad SMARTS) is 1. The zero-order valence-corrected chi connectivity index (χ0v) is 16.0. The Labute approximate surface area is 164 Å². The number of carboxylic acids is 1. The third kappa shape index (κ3) is 4.42. The van der Waals surface area contributed by atoms with Gasteiger partial charge in [-0.15, -0.1) is 0 Å². The summed E-state index contributed by atoms with van der Waals surface area (Å²) < 4.78 is 5.26. The zero-order chi connectivity index (χ0) is 20.1. The van der Waals surface area contributed by atoms with E-state index in [4.69, 9.17) is 4.74 Å². The van der Waals surface area contributed by atoms with Crippen molar-refractivity contribution in [1.82, 2.24) is 4.90 Å². The molecule has 1 fully saturated rings. The lowest BCUT2D eigenvalue weighted by molar-refractivity contribution is -0.147. The molecule has 2 N–H and O–H groups in total. The van der Waals surface area contributed by atoms with Gasteiger partial charge in [-0.1, -0.05) is 19.1 Å². The number of aliphatic carboxylic acids is 1. The van der Waals surface area contributed by atoms with Crippen molar-refractivity contribution in [2.75, 3.05) is 31.6 Å². The van der Waals surface area contributed by atoms with Gasteiger partial charge in [-0.2, -0.15) is 0 Å². The molecule has 150 valence electrons. The van der Waals surface area contributed by atoms with Gasteiger partial charge in [0.1, 0.15) is 0 Å². The Morgan fingerprint density at radius 2 is 1.86 bits per heavy atom. The van der Waals surface area contributed by atoms with E-state index in [0.29, 0.717) is 50.4 Å². The van der Waals surface area contributed by atoms with E-state index < -0.39 is 17.8 Å². The maximum absolute atomic E-state index is 12.8. The van der Waals surface area contributed by atoms with Crippen LogP contribution < -0.4 is 5.32 Å². The Balaban J connectivity index is 1.68. The van der Waals surface area contributed by atoms with E-state index in [1.807, 2.05) is 19.1 Å². The highest BCUT2D eigenvalue weighted by Crippen LogP contribution is 2.33. The number of hydrogen-bond acceptors (Lipinski definition) is 4. The van der Waals surface area contributed by atoms with E-state index in [1.165, 1.54) is 0 Å². The van der Waals surface area contributed by atoms with Crippen LogP contribution in [0.2, 0.25) is 0 Å². The smallest absolute Gasteiger partial charge is 0.307 e. The van der Waals surface area contributed by atoms with Gasteiger partial charge in [0.25, 0.3) is 5.91 Å². The van der Waals surface area contributed by atoms with Gasteiger partial charge in [-0.05, 0) is 43.0 Å². The highest BCUT2D eigenvalue weighted by molar-refractivity contribution is 5.97. The van der Waals surface area contributed by atoms with Crippen molar-refractivity contribution < 1.29 is 24.2 Å². The lowest BCUT2D eigenvalue weighted by Crippen LogP contribution is -2.40. The molecule has 28 heavy (non-hydrogen) atoms. The SMILES string of the molecule is CC[C@@H]1C=CC[C@H](C(=O)O)[C@@H]1C(=O)Nc1ccc(C(=O)N2CCOCC2)cc1. The fraction of sp³-hybridized carbons (Fsp3) is 0.476. The van der Waals surface area contributed by atoms with Crippen LogP contribution in [-0.4, -0.2) is 54.1 Å². The van der Waals surface area contributed by atoms with Crippen LogP contribution in [0.1, 0.15) is 30.1 Å². The summed E-state index contributed by atoms with van der Waals surface area (Å²) in [6.07, 6.45) is 4.85. The van der Waals surface area contributed by atoms with Gasteiger partial charge < -0.3 is 20.1 Å². The van der Waals surface area contributed by atoms with Crippen molar-refractivity contribution in [1.29, 1.82) is 0 Å². The van der Waals surface area contributed by atoms with Gasteiger partial charge in [-0.25, -0.2) is 0 Å². The highest BCUT2D eigenvalue weighted by atomic mass is 16.5. The lowest BCUT2D eigenvalue weighted by atomic mass is 9.74. The number of nitrogens with one attached hydrogen (secondary N) is 1. The van der Waals surface area contributed by atoms with Crippen molar-refractivity contribution in [3.63, 3.8) is 0 Å². The zero-order valence-electron chi connectivity index (χ0n) is 16.0. The average Bonchev–Trinajstić information content (AvgIpc) is 2.73. The molecule has 7 heteroatoms. The summed E-state index contributed by atoms with van der Waals surface area (Å²) in [7, 11) is 0. The Bertz CT molecular complexity index is 753. The molecule has 3 rings (SSSR count). The molecule has 0 radical (unpaired) electrons. The van der Waals surface area contributed by atoms with Crippen molar-refractivity contribution in [2.24, 2.45) is 17.8 Å². The minimum absolute atomic E-state index is 0.0596. The number of nitrogens with zero attached hydrogens (tertiary/aromatic N) is 1. The summed E-state index contributed by atoms with van der Waals surface area (Å²) in [4.78, 5) is 38.6. The number of ether oxygens (including phenoxy) is 1. The van der Waals surface area contributed by atoms with E-state index in [2.05, 4.69) is 5.32 Å². The van der Waals surface area contributed by atoms with E-state index in [1.54, 1.807) is 29.2 Å². The van der Waals surface area contributed by atoms with Crippen molar-refractivity contribution in [2.45, 2.75) is 19.8 Å². The second-order valence-corrected chi connectivity index (χ2v) is 7.18. The van der Waals surface area contributed by atoms with Gasteiger partial charge in [-0.3, -0.25) is 14.4 Å². The van der Waals surface area contributed by atoms with E-state index >= 15 is 0 Å².